The molecule has 9 nitrogen and oxygen atoms in total. The smallest absolute Gasteiger partial charge is 0.270 e. The lowest BCUT2D eigenvalue weighted by molar-refractivity contribution is 0.0383. The predicted molar refractivity (Wildman–Crippen MR) is 97.4 cm³/mol. The molecule has 1 amide bonds. The second-order valence-electron chi connectivity index (χ2n) is 6.36. The number of nitrogens with zero attached hydrogens (tertiary/aromatic N) is 4. The number of ether oxygens (including phenoxy) is 2. The van der Waals surface area contributed by atoms with Crippen LogP contribution in [-0.2, 0) is 9.47 Å². The van der Waals surface area contributed by atoms with Crippen molar-refractivity contribution in [3.63, 3.8) is 0 Å². The minimum Gasteiger partial charge on any atom is -0.379 e. The molecule has 26 heavy (non-hydrogen) atoms. The monoisotopic (exact) mass is 364 g/mol. The maximum absolute atomic E-state index is 12.3. The largest absolute Gasteiger partial charge is 0.379 e. The van der Waals surface area contributed by atoms with Gasteiger partial charge in [-0.25, -0.2) is 9.97 Å². The molecule has 0 saturated carbocycles. The molecule has 2 N–H and O–H groups in total. The van der Waals surface area contributed by atoms with Crippen molar-refractivity contribution in [1.82, 2.24) is 25.1 Å². The Morgan fingerprint density at radius 2 is 1.62 bits per heavy atom. The van der Waals surface area contributed by atoms with Crippen molar-refractivity contribution in [2.24, 2.45) is 0 Å². The first kappa shape index (κ1) is 19.0. The van der Waals surface area contributed by atoms with Crippen LogP contribution in [0.25, 0.3) is 0 Å². The molecule has 0 bridgehead atoms. The van der Waals surface area contributed by atoms with Crippen molar-refractivity contribution in [1.29, 1.82) is 0 Å². The summed E-state index contributed by atoms with van der Waals surface area (Å²) >= 11 is 0. The van der Waals surface area contributed by atoms with Crippen LogP contribution in [0.4, 0.5) is 5.95 Å². The number of rotatable bonds is 8. The second-order valence-corrected chi connectivity index (χ2v) is 6.36. The Bertz CT molecular complexity index is 561. The van der Waals surface area contributed by atoms with Gasteiger partial charge in [0.25, 0.3) is 5.91 Å². The van der Waals surface area contributed by atoms with Crippen LogP contribution in [-0.4, -0.2) is 104 Å². The number of carbonyl (C=O) groups excluding carboxylic acids is 1. The Kier molecular flexibility index (Phi) is 7.56. The minimum absolute atomic E-state index is 0.170. The number of hydrogen-bond acceptors (Lipinski definition) is 8. The molecule has 0 spiro atoms. The van der Waals surface area contributed by atoms with Gasteiger partial charge in [0.15, 0.2) is 0 Å². The third kappa shape index (κ3) is 6.17. The molecule has 2 aliphatic rings. The van der Waals surface area contributed by atoms with Crippen LogP contribution in [0, 0.1) is 0 Å². The van der Waals surface area contributed by atoms with Crippen LogP contribution in [0.5, 0.6) is 0 Å². The Labute approximate surface area is 154 Å². The van der Waals surface area contributed by atoms with E-state index >= 15 is 0 Å². The quantitative estimate of drug-likeness (QED) is 0.625. The molecule has 144 valence electrons. The molecule has 2 aliphatic heterocycles. The van der Waals surface area contributed by atoms with Crippen molar-refractivity contribution in [2.45, 2.75) is 0 Å². The van der Waals surface area contributed by atoms with Gasteiger partial charge in [0.05, 0.1) is 26.4 Å². The van der Waals surface area contributed by atoms with E-state index in [2.05, 4.69) is 30.4 Å². The molecular weight excluding hydrogens is 336 g/mol. The number of aromatic nitrogens is 2. The standard InChI is InChI=1S/C17H28N6O3/c24-16(18-3-5-22-7-11-25-12-8-22)15-1-2-19-17(21-15)20-4-6-23-9-13-26-14-10-23/h1-2H,3-14H2,(H,18,24)(H,19,20,21). The number of anilines is 1. The highest BCUT2D eigenvalue weighted by Gasteiger charge is 2.13. The SMILES string of the molecule is O=C(NCCN1CCOCC1)c1ccnc(NCCN2CCOCC2)n1. The molecule has 9 heteroatoms. The van der Waals surface area contributed by atoms with Crippen LogP contribution in [0.1, 0.15) is 10.5 Å². The van der Waals surface area contributed by atoms with Crippen LogP contribution in [0.3, 0.4) is 0 Å². The normalized spacial score (nSPS) is 19.2. The Morgan fingerprint density at radius 3 is 2.27 bits per heavy atom. The highest BCUT2D eigenvalue weighted by Crippen LogP contribution is 2.02. The number of hydrogen-bond donors (Lipinski definition) is 2. The third-order valence-corrected chi connectivity index (χ3v) is 4.52. The van der Waals surface area contributed by atoms with Crippen LogP contribution in [0.2, 0.25) is 0 Å². The number of carbonyl (C=O) groups is 1. The van der Waals surface area contributed by atoms with E-state index in [-0.39, 0.29) is 5.91 Å². The van der Waals surface area contributed by atoms with Gasteiger partial charge in [-0.15, -0.1) is 0 Å². The summed E-state index contributed by atoms with van der Waals surface area (Å²) < 4.78 is 10.7. The van der Waals surface area contributed by atoms with Gasteiger partial charge in [-0.3, -0.25) is 14.6 Å². The lowest BCUT2D eigenvalue weighted by atomic mass is 10.3. The van der Waals surface area contributed by atoms with Gasteiger partial charge < -0.3 is 20.1 Å². The summed E-state index contributed by atoms with van der Waals surface area (Å²) in [5.41, 5.74) is 0.385. The molecule has 0 aromatic carbocycles. The second kappa shape index (κ2) is 10.4. The number of amides is 1. The molecule has 3 rings (SSSR count). The van der Waals surface area contributed by atoms with Gasteiger partial charge in [-0.05, 0) is 6.07 Å². The number of morpholine rings is 2. The van der Waals surface area contributed by atoms with E-state index in [0.717, 1.165) is 72.2 Å². The van der Waals surface area contributed by atoms with Crippen molar-refractivity contribution < 1.29 is 14.3 Å². The zero-order valence-corrected chi connectivity index (χ0v) is 15.2. The van der Waals surface area contributed by atoms with Crippen LogP contribution < -0.4 is 10.6 Å². The first-order chi connectivity index (χ1) is 12.8. The van der Waals surface area contributed by atoms with E-state index in [1.165, 1.54) is 0 Å². The fourth-order valence-corrected chi connectivity index (χ4v) is 2.96. The molecular formula is C17H28N6O3. The van der Waals surface area contributed by atoms with Crippen LogP contribution >= 0.6 is 0 Å². The lowest BCUT2D eigenvalue weighted by Crippen LogP contribution is -2.41. The Hall–Kier alpha value is -1.81. The maximum atomic E-state index is 12.3. The van der Waals surface area contributed by atoms with E-state index in [1.54, 1.807) is 12.3 Å². The third-order valence-electron chi connectivity index (χ3n) is 4.52. The molecule has 0 aliphatic carbocycles. The highest BCUT2D eigenvalue weighted by molar-refractivity contribution is 5.92. The highest BCUT2D eigenvalue weighted by atomic mass is 16.5. The van der Waals surface area contributed by atoms with Gasteiger partial charge in [-0.1, -0.05) is 0 Å². The summed E-state index contributed by atoms with van der Waals surface area (Å²) in [6.45, 7) is 9.91. The summed E-state index contributed by atoms with van der Waals surface area (Å²) in [6.07, 6.45) is 1.61. The fraction of sp³-hybridized carbons (Fsp3) is 0.706. The summed E-state index contributed by atoms with van der Waals surface area (Å²) in [5.74, 6) is 0.316. The van der Waals surface area contributed by atoms with E-state index < -0.39 is 0 Å². The lowest BCUT2D eigenvalue weighted by Gasteiger charge is -2.26. The average molecular weight is 364 g/mol. The van der Waals surface area contributed by atoms with E-state index in [4.69, 9.17) is 9.47 Å². The van der Waals surface area contributed by atoms with Crippen molar-refractivity contribution in [3.05, 3.63) is 18.0 Å². The van der Waals surface area contributed by atoms with Gasteiger partial charge in [0.1, 0.15) is 5.69 Å². The molecule has 0 atom stereocenters. The fourth-order valence-electron chi connectivity index (χ4n) is 2.96. The minimum atomic E-state index is -0.170. The Balaban J connectivity index is 1.38. The van der Waals surface area contributed by atoms with Crippen LogP contribution in [0.15, 0.2) is 12.3 Å². The van der Waals surface area contributed by atoms with E-state index in [9.17, 15) is 4.79 Å². The molecule has 0 unspecified atom stereocenters. The molecule has 0 radical (unpaired) electrons. The van der Waals surface area contributed by atoms with Gasteiger partial charge in [0.2, 0.25) is 5.95 Å². The van der Waals surface area contributed by atoms with E-state index in [0.29, 0.717) is 18.2 Å². The molecule has 1 aromatic rings. The summed E-state index contributed by atoms with van der Waals surface area (Å²) in [6, 6.07) is 1.64. The van der Waals surface area contributed by atoms with Gasteiger partial charge in [-0.2, -0.15) is 0 Å². The summed E-state index contributed by atoms with van der Waals surface area (Å²) in [5, 5.41) is 6.11. The topological polar surface area (TPSA) is 91.9 Å². The van der Waals surface area contributed by atoms with Crippen molar-refractivity contribution in [3.8, 4) is 0 Å². The zero-order valence-electron chi connectivity index (χ0n) is 15.2. The van der Waals surface area contributed by atoms with E-state index in [1.807, 2.05) is 0 Å². The molecule has 2 fully saturated rings. The predicted octanol–water partition coefficient (Wildman–Crippen LogP) is -0.717. The van der Waals surface area contributed by atoms with Gasteiger partial charge >= 0.3 is 0 Å². The first-order valence-corrected chi connectivity index (χ1v) is 9.26. The van der Waals surface area contributed by atoms with Crippen molar-refractivity contribution in [2.75, 3.05) is 84.1 Å². The Morgan fingerprint density at radius 1 is 1.00 bits per heavy atom. The van der Waals surface area contributed by atoms with Gasteiger partial charge in [0, 0.05) is 58.6 Å². The molecule has 2 saturated heterocycles. The molecule has 3 heterocycles. The maximum Gasteiger partial charge on any atom is 0.270 e. The number of nitrogens with one attached hydrogen (secondary N) is 2. The van der Waals surface area contributed by atoms with Crippen molar-refractivity contribution >= 4 is 11.9 Å². The molecule has 1 aromatic heterocycles. The summed E-state index contributed by atoms with van der Waals surface area (Å²) in [7, 11) is 0. The summed E-state index contributed by atoms with van der Waals surface area (Å²) in [4.78, 5) is 25.4. The zero-order chi connectivity index (χ0) is 18.0. The average Bonchev–Trinajstić information content (AvgIpc) is 2.70. The first-order valence-electron chi connectivity index (χ1n) is 9.26.